The molecule has 0 radical (unpaired) electrons. The average Bonchev–Trinajstić information content (AvgIpc) is 2.66. The van der Waals surface area contributed by atoms with Gasteiger partial charge in [0.25, 0.3) is 0 Å². The van der Waals surface area contributed by atoms with Gasteiger partial charge < -0.3 is 0 Å². The first-order chi connectivity index (χ1) is 12.3. The van der Waals surface area contributed by atoms with Gasteiger partial charge in [0.05, 0.1) is 4.86 Å². The quantitative estimate of drug-likeness (QED) is 0.512. The monoisotopic (exact) mass is 342 g/mol. The summed E-state index contributed by atoms with van der Waals surface area (Å²) in [5.41, 5.74) is 5.11. The fourth-order valence-corrected chi connectivity index (χ4v) is 3.98. The summed E-state index contributed by atoms with van der Waals surface area (Å²) in [7, 11) is 1.01. The molecular weight excluding hydrogens is 328 g/mol. The molecule has 0 saturated heterocycles. The van der Waals surface area contributed by atoms with Gasteiger partial charge in [0, 0.05) is 22.3 Å². The summed E-state index contributed by atoms with van der Waals surface area (Å²) < 4.78 is 0. The lowest BCUT2D eigenvalue weighted by Gasteiger charge is -2.22. The van der Waals surface area contributed by atoms with E-state index in [-0.39, 0.29) is 5.78 Å². The zero-order valence-corrected chi connectivity index (χ0v) is 14.2. The van der Waals surface area contributed by atoms with E-state index < -0.39 is 0 Å². The molecule has 3 aromatic rings. The molecule has 2 nitrogen and oxygen atoms in total. The topological polar surface area (TPSA) is 34.1 Å². The molecule has 3 aromatic carbocycles. The molecule has 0 N–H and O–H groups in total. The van der Waals surface area contributed by atoms with Crippen molar-refractivity contribution < 1.29 is 9.59 Å². The van der Waals surface area contributed by atoms with E-state index in [4.69, 9.17) is 0 Å². The van der Waals surface area contributed by atoms with Gasteiger partial charge >= 0.3 is 0 Å². The SMILES string of the molecule is O=C=S=C1c2ccccc2C(=O)c2c(Cc3ccccc3)cccc21. The van der Waals surface area contributed by atoms with Crippen LogP contribution in [0.5, 0.6) is 0 Å². The summed E-state index contributed by atoms with van der Waals surface area (Å²) in [6.45, 7) is 0. The van der Waals surface area contributed by atoms with Gasteiger partial charge in [-0.05, 0) is 28.5 Å². The second-order valence-electron chi connectivity index (χ2n) is 5.89. The van der Waals surface area contributed by atoms with Crippen molar-refractivity contribution in [1.29, 1.82) is 0 Å². The van der Waals surface area contributed by atoms with Crippen molar-refractivity contribution in [2.75, 3.05) is 0 Å². The first-order valence-corrected chi connectivity index (χ1v) is 8.82. The third-order valence-corrected chi connectivity index (χ3v) is 5.15. The molecule has 0 fully saturated rings. The van der Waals surface area contributed by atoms with Crippen LogP contribution in [-0.4, -0.2) is 15.9 Å². The van der Waals surface area contributed by atoms with Crippen molar-refractivity contribution in [3.63, 3.8) is 0 Å². The molecule has 0 heterocycles. The van der Waals surface area contributed by atoms with Crippen molar-refractivity contribution in [3.05, 3.63) is 106 Å². The lowest BCUT2D eigenvalue weighted by atomic mass is 9.81. The van der Waals surface area contributed by atoms with Crippen LogP contribution in [0.25, 0.3) is 0 Å². The van der Waals surface area contributed by atoms with Crippen molar-refractivity contribution in [1.82, 2.24) is 0 Å². The second kappa shape index (κ2) is 6.48. The van der Waals surface area contributed by atoms with Crippen LogP contribution in [0.15, 0.2) is 72.8 Å². The molecule has 0 bridgehead atoms. The standard InChI is InChI=1S/C22H14O2S/c23-14-25-22-18-11-5-4-10-17(18)21(24)20-16(9-6-12-19(20)22)13-15-7-2-1-3-8-15/h1-12H,13H2. The zero-order valence-electron chi connectivity index (χ0n) is 13.4. The summed E-state index contributed by atoms with van der Waals surface area (Å²) in [5.74, 6) is 0.0207. The molecule has 0 aromatic heterocycles. The Balaban J connectivity index is 1.95. The molecule has 4 rings (SSSR count). The van der Waals surface area contributed by atoms with Gasteiger partial charge in [-0.15, -0.1) is 0 Å². The number of benzene rings is 3. The Bertz CT molecular complexity index is 1070. The molecule has 0 unspecified atom stereocenters. The molecule has 1 aliphatic carbocycles. The average molecular weight is 342 g/mol. The van der Waals surface area contributed by atoms with E-state index in [0.717, 1.165) is 38.1 Å². The molecule has 1 aliphatic rings. The van der Waals surface area contributed by atoms with Crippen molar-refractivity contribution in [2.45, 2.75) is 6.42 Å². The van der Waals surface area contributed by atoms with Crippen LogP contribution >= 0.6 is 10.9 Å². The number of carbonyl (C=O) groups is 1. The van der Waals surface area contributed by atoms with Gasteiger partial charge in [0.1, 0.15) is 0 Å². The smallest absolute Gasteiger partial charge is 0.194 e. The van der Waals surface area contributed by atoms with Crippen LogP contribution in [0.3, 0.4) is 0 Å². The molecule has 25 heavy (non-hydrogen) atoms. The Kier molecular flexibility index (Phi) is 4.02. The van der Waals surface area contributed by atoms with Gasteiger partial charge in [0.15, 0.2) is 11.0 Å². The van der Waals surface area contributed by atoms with Crippen molar-refractivity contribution in [3.8, 4) is 0 Å². The maximum Gasteiger partial charge on any atom is 0.194 e. The Morgan fingerprint density at radius 3 is 2.20 bits per heavy atom. The first-order valence-electron chi connectivity index (χ1n) is 8.01. The molecule has 0 spiro atoms. The van der Waals surface area contributed by atoms with Crippen LogP contribution in [0.1, 0.15) is 38.2 Å². The predicted octanol–water partition coefficient (Wildman–Crippen LogP) is 4.19. The third kappa shape index (κ3) is 2.70. The molecule has 120 valence electrons. The van der Waals surface area contributed by atoms with Gasteiger partial charge in [-0.25, -0.2) is 4.79 Å². The second-order valence-corrected chi connectivity index (χ2v) is 6.67. The number of fused-ring (bicyclic) bond motifs is 2. The van der Waals surface area contributed by atoms with Crippen LogP contribution in [0.2, 0.25) is 0 Å². The van der Waals surface area contributed by atoms with E-state index in [1.54, 1.807) is 0 Å². The normalized spacial score (nSPS) is 12.2. The largest absolute Gasteiger partial charge is 0.289 e. The molecule has 0 atom stereocenters. The lowest BCUT2D eigenvalue weighted by Crippen LogP contribution is -2.22. The summed E-state index contributed by atoms with van der Waals surface area (Å²) >= 11 is 0. The number of hydrogen-bond donors (Lipinski definition) is 0. The highest BCUT2D eigenvalue weighted by molar-refractivity contribution is 7.97. The van der Waals surface area contributed by atoms with E-state index >= 15 is 0 Å². The summed E-state index contributed by atoms with van der Waals surface area (Å²) in [5, 5.41) is 1.92. The Labute approximate surface area is 149 Å². The first kappa shape index (κ1) is 15.5. The third-order valence-electron chi connectivity index (χ3n) is 4.42. The lowest BCUT2D eigenvalue weighted by molar-refractivity contribution is 0.103. The zero-order chi connectivity index (χ0) is 17.2. The van der Waals surface area contributed by atoms with E-state index in [2.05, 4.69) is 12.1 Å². The number of hydrogen-bond acceptors (Lipinski definition) is 2. The van der Waals surface area contributed by atoms with E-state index in [0.29, 0.717) is 17.5 Å². The van der Waals surface area contributed by atoms with Gasteiger partial charge in [-0.1, -0.05) is 72.8 Å². The minimum Gasteiger partial charge on any atom is -0.289 e. The molecule has 0 amide bonds. The highest BCUT2D eigenvalue weighted by Crippen LogP contribution is 2.31. The summed E-state index contributed by atoms with van der Waals surface area (Å²) in [6, 6.07) is 23.4. The van der Waals surface area contributed by atoms with E-state index in [9.17, 15) is 9.59 Å². The number of carbonyl (C=O) groups excluding carboxylic acids is 2. The highest BCUT2D eigenvalue weighted by Gasteiger charge is 2.29. The van der Waals surface area contributed by atoms with Crippen LogP contribution in [0, 0.1) is 0 Å². The highest BCUT2D eigenvalue weighted by atomic mass is 32.1. The van der Waals surface area contributed by atoms with Gasteiger partial charge in [0.2, 0.25) is 0 Å². The van der Waals surface area contributed by atoms with Crippen LogP contribution < -0.4 is 0 Å². The molecule has 0 aliphatic heterocycles. The summed E-state index contributed by atoms with van der Waals surface area (Å²) in [4.78, 5) is 25.0. The summed E-state index contributed by atoms with van der Waals surface area (Å²) in [6.07, 6.45) is 0.681. The van der Waals surface area contributed by atoms with Gasteiger partial charge in [-0.3, -0.25) is 4.79 Å². The van der Waals surface area contributed by atoms with E-state index in [1.165, 1.54) is 0 Å². The molecule has 3 heteroatoms. The molecule has 0 saturated carbocycles. The fraction of sp³-hybridized carbons (Fsp3) is 0.0455. The van der Waals surface area contributed by atoms with Crippen molar-refractivity contribution in [2.24, 2.45) is 0 Å². The minimum atomic E-state index is 0.0207. The van der Waals surface area contributed by atoms with Crippen LogP contribution in [-0.2, 0) is 11.2 Å². The fourth-order valence-electron chi connectivity index (χ4n) is 3.33. The maximum atomic E-state index is 13.1. The Morgan fingerprint density at radius 2 is 1.44 bits per heavy atom. The Morgan fingerprint density at radius 1 is 0.760 bits per heavy atom. The van der Waals surface area contributed by atoms with E-state index in [1.807, 2.05) is 65.9 Å². The minimum absolute atomic E-state index is 0.0207. The maximum absolute atomic E-state index is 13.1. The van der Waals surface area contributed by atoms with Crippen LogP contribution in [0.4, 0.5) is 0 Å². The Hall–Kier alpha value is -3.00. The predicted molar refractivity (Wildman–Crippen MR) is 102 cm³/mol. The number of rotatable bonds is 2. The molecular formula is C22H14O2S. The number of ketones is 1. The van der Waals surface area contributed by atoms with Crippen molar-refractivity contribution >= 4 is 26.8 Å². The van der Waals surface area contributed by atoms with Gasteiger partial charge in [-0.2, -0.15) is 0 Å².